The van der Waals surface area contributed by atoms with Crippen LogP contribution in [0.2, 0.25) is 0 Å². The van der Waals surface area contributed by atoms with Gasteiger partial charge in [-0.25, -0.2) is 0 Å². The summed E-state index contributed by atoms with van der Waals surface area (Å²) in [6.45, 7) is 4.69. The van der Waals surface area contributed by atoms with Gasteiger partial charge in [0.05, 0.1) is 0 Å². The Kier molecular flexibility index (Phi) is 3.47. The van der Waals surface area contributed by atoms with Gasteiger partial charge in [-0.2, -0.15) is 0 Å². The van der Waals surface area contributed by atoms with Crippen molar-refractivity contribution < 1.29 is 4.79 Å². The van der Waals surface area contributed by atoms with E-state index in [1.165, 1.54) is 57.8 Å². The second kappa shape index (κ2) is 5.10. The van der Waals surface area contributed by atoms with Crippen molar-refractivity contribution in [1.82, 2.24) is 0 Å². The molecule has 0 N–H and O–H groups in total. The molecule has 4 fully saturated rings. The van der Waals surface area contributed by atoms with E-state index in [1.54, 1.807) is 0 Å². The highest BCUT2D eigenvalue weighted by Gasteiger charge is 2.56. The Balaban J connectivity index is 1.54. The largest absolute Gasteiger partial charge is 0.299 e. The summed E-state index contributed by atoms with van der Waals surface area (Å²) in [6, 6.07) is 0. The van der Waals surface area contributed by atoms with Gasteiger partial charge in [0.15, 0.2) is 0 Å². The quantitative estimate of drug-likeness (QED) is 0.645. The third-order valence-corrected chi connectivity index (χ3v) is 8.35. The molecule has 4 aliphatic rings. The summed E-state index contributed by atoms with van der Waals surface area (Å²) in [7, 11) is 0. The molecule has 1 heteroatoms. The molecule has 21 heavy (non-hydrogen) atoms. The fourth-order valence-electron chi connectivity index (χ4n) is 7.09. The Morgan fingerprint density at radius 1 is 1.00 bits per heavy atom. The van der Waals surface area contributed by atoms with E-state index in [2.05, 4.69) is 13.8 Å². The lowest BCUT2D eigenvalue weighted by atomic mass is 9.50. The summed E-state index contributed by atoms with van der Waals surface area (Å²) in [5.41, 5.74) is 0.0780. The second-order valence-corrected chi connectivity index (χ2v) is 8.94. The van der Waals surface area contributed by atoms with E-state index in [4.69, 9.17) is 0 Å². The molecule has 0 saturated heterocycles. The van der Waals surface area contributed by atoms with E-state index >= 15 is 0 Å². The van der Waals surface area contributed by atoms with Gasteiger partial charge in [0.2, 0.25) is 0 Å². The van der Waals surface area contributed by atoms with Crippen LogP contribution in [0, 0.1) is 40.9 Å². The Labute approximate surface area is 130 Å². The molecule has 0 radical (unpaired) electrons. The zero-order chi connectivity index (χ0) is 14.6. The molecule has 0 aromatic heterocycles. The number of carbonyl (C=O) groups is 1. The van der Waals surface area contributed by atoms with Crippen LogP contribution in [-0.2, 0) is 4.79 Å². The van der Waals surface area contributed by atoms with Gasteiger partial charge in [-0.15, -0.1) is 0 Å². The van der Waals surface area contributed by atoms with Crippen LogP contribution >= 0.6 is 0 Å². The smallest absolute Gasteiger partial charge is 0.139 e. The first-order chi connectivity index (χ1) is 10.1. The van der Waals surface area contributed by atoms with E-state index in [0.29, 0.717) is 5.78 Å². The van der Waals surface area contributed by atoms with E-state index < -0.39 is 0 Å². The van der Waals surface area contributed by atoms with Crippen molar-refractivity contribution >= 4 is 5.78 Å². The van der Waals surface area contributed by atoms with Gasteiger partial charge in [-0.3, -0.25) is 4.79 Å². The molecule has 4 aliphatic carbocycles. The molecule has 0 heterocycles. The van der Waals surface area contributed by atoms with Crippen LogP contribution in [0.4, 0.5) is 0 Å². The zero-order valence-corrected chi connectivity index (χ0v) is 13.9. The van der Waals surface area contributed by atoms with Gasteiger partial charge in [0.25, 0.3) is 0 Å². The van der Waals surface area contributed by atoms with Gasteiger partial charge in [-0.05, 0) is 80.5 Å². The fraction of sp³-hybridized carbons (Fsp3) is 0.950. The number of ketones is 1. The first kappa shape index (κ1) is 14.3. The minimum Gasteiger partial charge on any atom is -0.299 e. The summed E-state index contributed by atoms with van der Waals surface area (Å²) in [5.74, 6) is 6.29. The van der Waals surface area contributed by atoms with E-state index in [0.717, 1.165) is 41.9 Å². The van der Waals surface area contributed by atoms with Crippen LogP contribution in [0.1, 0.15) is 78.1 Å². The predicted molar refractivity (Wildman–Crippen MR) is 85.9 cm³/mol. The standard InChI is InChI=1S/C20H32O/c1-3-13-4-6-15-14(12-13)5-7-17-16(15)10-11-20(2)18(17)8-9-19(20)21/h13-18H,3-12H2,1-2H3/t13-,14?,15?,16?,17?,18?,20?/m0/s1. The van der Waals surface area contributed by atoms with Crippen LogP contribution in [0.3, 0.4) is 0 Å². The first-order valence-corrected chi connectivity index (χ1v) is 9.66. The molecule has 7 atom stereocenters. The molecule has 0 aromatic rings. The summed E-state index contributed by atoms with van der Waals surface area (Å²) < 4.78 is 0. The number of hydrogen-bond acceptors (Lipinski definition) is 1. The third kappa shape index (κ3) is 2.05. The molecule has 118 valence electrons. The highest BCUT2D eigenvalue weighted by atomic mass is 16.1. The van der Waals surface area contributed by atoms with E-state index in [-0.39, 0.29) is 5.41 Å². The minimum absolute atomic E-state index is 0.0780. The van der Waals surface area contributed by atoms with Crippen LogP contribution in [-0.4, -0.2) is 5.78 Å². The molecular weight excluding hydrogens is 256 g/mol. The van der Waals surface area contributed by atoms with Crippen LogP contribution < -0.4 is 0 Å². The molecule has 4 rings (SSSR count). The minimum atomic E-state index is 0.0780. The predicted octanol–water partition coefficient (Wildman–Crippen LogP) is 5.23. The van der Waals surface area contributed by atoms with Crippen molar-refractivity contribution in [3.8, 4) is 0 Å². The number of carbonyl (C=O) groups excluding carboxylic acids is 1. The van der Waals surface area contributed by atoms with Gasteiger partial charge in [0, 0.05) is 11.8 Å². The number of Topliss-reactive ketones (excluding diaryl/α,β-unsaturated/α-hetero) is 1. The van der Waals surface area contributed by atoms with Crippen molar-refractivity contribution in [2.45, 2.75) is 78.1 Å². The van der Waals surface area contributed by atoms with Crippen molar-refractivity contribution in [2.24, 2.45) is 40.9 Å². The molecule has 1 nitrogen and oxygen atoms in total. The van der Waals surface area contributed by atoms with Crippen molar-refractivity contribution in [2.75, 3.05) is 0 Å². The van der Waals surface area contributed by atoms with Gasteiger partial charge in [-0.1, -0.05) is 26.7 Å². The highest BCUT2D eigenvalue weighted by Crippen LogP contribution is 2.61. The van der Waals surface area contributed by atoms with Crippen molar-refractivity contribution in [1.29, 1.82) is 0 Å². The lowest BCUT2D eigenvalue weighted by Gasteiger charge is -2.55. The van der Waals surface area contributed by atoms with Crippen molar-refractivity contribution in [3.63, 3.8) is 0 Å². The topological polar surface area (TPSA) is 17.1 Å². The normalized spacial score (nSPS) is 53.0. The molecule has 0 bridgehead atoms. The molecule has 0 aromatic carbocycles. The molecule has 4 saturated carbocycles. The summed E-state index contributed by atoms with van der Waals surface area (Å²) in [6.07, 6.45) is 13.5. The average molecular weight is 288 g/mol. The molecule has 0 aliphatic heterocycles. The Morgan fingerprint density at radius 2 is 1.81 bits per heavy atom. The summed E-state index contributed by atoms with van der Waals surface area (Å²) >= 11 is 0. The van der Waals surface area contributed by atoms with Gasteiger partial charge < -0.3 is 0 Å². The lowest BCUT2D eigenvalue weighted by Crippen LogP contribution is -2.48. The Bertz CT molecular complexity index is 428. The van der Waals surface area contributed by atoms with E-state index in [9.17, 15) is 4.79 Å². The second-order valence-electron chi connectivity index (χ2n) is 8.94. The maximum Gasteiger partial charge on any atom is 0.139 e. The zero-order valence-electron chi connectivity index (χ0n) is 13.9. The van der Waals surface area contributed by atoms with Crippen molar-refractivity contribution in [3.05, 3.63) is 0 Å². The van der Waals surface area contributed by atoms with Crippen LogP contribution in [0.25, 0.3) is 0 Å². The average Bonchev–Trinajstić information content (AvgIpc) is 2.82. The van der Waals surface area contributed by atoms with Crippen LogP contribution in [0.5, 0.6) is 0 Å². The number of fused-ring (bicyclic) bond motifs is 5. The number of rotatable bonds is 1. The molecule has 6 unspecified atom stereocenters. The highest BCUT2D eigenvalue weighted by molar-refractivity contribution is 5.87. The Morgan fingerprint density at radius 3 is 2.62 bits per heavy atom. The molecular formula is C20H32O. The Hall–Kier alpha value is -0.330. The van der Waals surface area contributed by atoms with E-state index in [1.807, 2.05) is 0 Å². The SMILES string of the molecule is CC[C@H]1CCC2C(CCC3C2CCC2(C)C(=O)CCC32)C1. The lowest BCUT2D eigenvalue weighted by molar-refractivity contribution is -0.133. The summed E-state index contributed by atoms with van der Waals surface area (Å²) in [5, 5.41) is 0. The van der Waals surface area contributed by atoms with Gasteiger partial charge >= 0.3 is 0 Å². The molecule has 0 spiro atoms. The number of hydrogen-bond donors (Lipinski definition) is 0. The third-order valence-electron chi connectivity index (χ3n) is 8.35. The maximum absolute atomic E-state index is 12.4. The summed E-state index contributed by atoms with van der Waals surface area (Å²) in [4.78, 5) is 12.4. The first-order valence-electron chi connectivity index (χ1n) is 9.66. The molecule has 0 amide bonds. The monoisotopic (exact) mass is 288 g/mol. The maximum atomic E-state index is 12.4. The van der Waals surface area contributed by atoms with Gasteiger partial charge in [0.1, 0.15) is 5.78 Å². The fourth-order valence-corrected chi connectivity index (χ4v) is 7.09. The van der Waals surface area contributed by atoms with Crippen LogP contribution in [0.15, 0.2) is 0 Å².